The van der Waals surface area contributed by atoms with Gasteiger partial charge in [0.2, 0.25) is 0 Å². The summed E-state index contributed by atoms with van der Waals surface area (Å²) < 4.78 is 2.25. The van der Waals surface area contributed by atoms with Crippen molar-refractivity contribution in [2.24, 2.45) is 5.41 Å². The van der Waals surface area contributed by atoms with Crippen molar-refractivity contribution in [1.29, 1.82) is 0 Å². The molecule has 2 aromatic rings. The number of rotatable bonds is 5. The van der Waals surface area contributed by atoms with Gasteiger partial charge in [-0.25, -0.2) is 9.78 Å². The molecule has 1 aliphatic carbocycles. The number of imidazole rings is 1. The van der Waals surface area contributed by atoms with E-state index in [1.54, 1.807) is 12.1 Å². The summed E-state index contributed by atoms with van der Waals surface area (Å²) in [6, 6.07) is 5.23. The van der Waals surface area contributed by atoms with Crippen LogP contribution >= 0.6 is 0 Å². The van der Waals surface area contributed by atoms with E-state index in [1.165, 1.54) is 25.7 Å². The van der Waals surface area contributed by atoms with Crippen LogP contribution in [0.3, 0.4) is 0 Å². The van der Waals surface area contributed by atoms with Crippen molar-refractivity contribution in [3.05, 3.63) is 29.6 Å². The molecule has 1 fully saturated rings. The monoisotopic (exact) mass is 272 g/mol. The van der Waals surface area contributed by atoms with E-state index in [-0.39, 0.29) is 0 Å². The zero-order valence-corrected chi connectivity index (χ0v) is 12.0. The van der Waals surface area contributed by atoms with Gasteiger partial charge in [0, 0.05) is 6.54 Å². The van der Waals surface area contributed by atoms with Gasteiger partial charge in [-0.15, -0.1) is 0 Å². The minimum Gasteiger partial charge on any atom is -0.478 e. The summed E-state index contributed by atoms with van der Waals surface area (Å²) in [4.78, 5) is 15.6. The van der Waals surface area contributed by atoms with Crippen LogP contribution in [0.1, 0.15) is 48.8 Å². The maximum atomic E-state index is 11.0. The Morgan fingerprint density at radius 1 is 1.45 bits per heavy atom. The third-order valence-electron chi connectivity index (χ3n) is 4.42. The number of carboxylic acid groups (broad SMARTS) is 1. The van der Waals surface area contributed by atoms with Gasteiger partial charge in [0.1, 0.15) is 5.82 Å². The summed E-state index contributed by atoms with van der Waals surface area (Å²) in [6.45, 7) is 5.25. The molecule has 1 heterocycles. The molecular formula is C16H20N2O2. The van der Waals surface area contributed by atoms with Gasteiger partial charge in [-0.05, 0) is 49.8 Å². The number of nitrogens with zero attached hydrogens (tertiary/aromatic N) is 2. The summed E-state index contributed by atoms with van der Waals surface area (Å²) in [5, 5.41) is 9.05. The third kappa shape index (κ3) is 2.19. The van der Waals surface area contributed by atoms with Gasteiger partial charge >= 0.3 is 5.97 Å². The number of fused-ring (bicyclic) bond motifs is 1. The number of hydrogen-bond donors (Lipinski definition) is 1. The molecule has 0 spiro atoms. The number of hydrogen-bond acceptors (Lipinski definition) is 2. The van der Waals surface area contributed by atoms with Crippen molar-refractivity contribution < 1.29 is 9.90 Å². The van der Waals surface area contributed by atoms with Crippen LogP contribution < -0.4 is 0 Å². The summed E-state index contributed by atoms with van der Waals surface area (Å²) >= 11 is 0. The van der Waals surface area contributed by atoms with E-state index in [0.29, 0.717) is 11.0 Å². The highest BCUT2D eigenvalue weighted by Crippen LogP contribution is 2.51. The molecule has 0 bridgehead atoms. The Balaban J connectivity index is 1.99. The predicted octanol–water partition coefficient (Wildman–Crippen LogP) is 3.62. The second-order valence-corrected chi connectivity index (χ2v) is 6.00. The van der Waals surface area contributed by atoms with E-state index >= 15 is 0 Å². The lowest BCUT2D eigenvalue weighted by Gasteiger charge is -2.16. The molecule has 0 aliphatic heterocycles. The minimum absolute atomic E-state index is 0.303. The number of benzene rings is 1. The Labute approximate surface area is 118 Å². The van der Waals surface area contributed by atoms with Crippen LogP contribution in [0.25, 0.3) is 11.0 Å². The zero-order chi connectivity index (χ0) is 14.3. The number of aryl methyl sites for hydroxylation is 1. The van der Waals surface area contributed by atoms with Crippen LogP contribution in [-0.2, 0) is 6.54 Å². The lowest BCUT2D eigenvalue weighted by Crippen LogP contribution is -2.12. The fourth-order valence-electron chi connectivity index (χ4n) is 3.11. The smallest absolute Gasteiger partial charge is 0.335 e. The molecule has 1 aromatic carbocycles. The number of aromatic carboxylic acids is 1. The maximum absolute atomic E-state index is 11.0. The number of aromatic nitrogens is 2. The van der Waals surface area contributed by atoms with Gasteiger partial charge in [0.15, 0.2) is 0 Å². The molecule has 0 unspecified atom stereocenters. The van der Waals surface area contributed by atoms with Gasteiger partial charge < -0.3 is 9.67 Å². The molecule has 4 heteroatoms. The molecular weight excluding hydrogens is 252 g/mol. The highest BCUT2D eigenvalue weighted by atomic mass is 16.4. The summed E-state index contributed by atoms with van der Waals surface area (Å²) in [6.07, 6.45) is 5.08. The Hall–Kier alpha value is -1.84. The first kappa shape index (κ1) is 13.2. The van der Waals surface area contributed by atoms with Crippen LogP contribution in [0.4, 0.5) is 0 Å². The van der Waals surface area contributed by atoms with Crippen molar-refractivity contribution in [1.82, 2.24) is 9.55 Å². The normalized spacial score (nSPS) is 16.5. The van der Waals surface area contributed by atoms with E-state index in [0.717, 1.165) is 23.4 Å². The van der Waals surface area contributed by atoms with E-state index in [1.807, 2.05) is 13.0 Å². The van der Waals surface area contributed by atoms with Crippen LogP contribution in [-0.4, -0.2) is 20.6 Å². The predicted molar refractivity (Wildman–Crippen MR) is 78.0 cm³/mol. The molecule has 1 saturated carbocycles. The van der Waals surface area contributed by atoms with Crippen molar-refractivity contribution in [2.45, 2.75) is 46.1 Å². The SMILES string of the molecule is CCCC1(Cn2c(C)nc3cc(C(=O)O)ccc32)CC1. The average Bonchev–Trinajstić information content (AvgIpc) is 3.09. The van der Waals surface area contributed by atoms with E-state index in [9.17, 15) is 4.79 Å². The molecule has 4 nitrogen and oxygen atoms in total. The van der Waals surface area contributed by atoms with E-state index < -0.39 is 5.97 Å². The Morgan fingerprint density at radius 3 is 2.80 bits per heavy atom. The second-order valence-electron chi connectivity index (χ2n) is 6.00. The highest BCUT2D eigenvalue weighted by Gasteiger charge is 2.42. The first-order valence-corrected chi connectivity index (χ1v) is 7.25. The van der Waals surface area contributed by atoms with Gasteiger partial charge in [0.25, 0.3) is 0 Å². The topological polar surface area (TPSA) is 55.1 Å². The molecule has 0 atom stereocenters. The van der Waals surface area contributed by atoms with Crippen LogP contribution in [0.5, 0.6) is 0 Å². The van der Waals surface area contributed by atoms with Crippen LogP contribution in [0.15, 0.2) is 18.2 Å². The fraction of sp³-hybridized carbons (Fsp3) is 0.500. The van der Waals surface area contributed by atoms with Crippen molar-refractivity contribution in [3.63, 3.8) is 0 Å². The summed E-state index contributed by atoms with van der Waals surface area (Å²) in [7, 11) is 0. The summed E-state index contributed by atoms with van der Waals surface area (Å²) in [5.41, 5.74) is 2.60. The molecule has 3 rings (SSSR count). The summed E-state index contributed by atoms with van der Waals surface area (Å²) in [5.74, 6) is 0.0775. The average molecular weight is 272 g/mol. The third-order valence-corrected chi connectivity index (χ3v) is 4.42. The molecule has 0 radical (unpaired) electrons. The van der Waals surface area contributed by atoms with Gasteiger partial charge in [-0.3, -0.25) is 0 Å². The maximum Gasteiger partial charge on any atom is 0.335 e. The standard InChI is InChI=1S/C16H20N2O2/c1-3-6-16(7-8-16)10-18-11(2)17-13-9-12(15(19)20)4-5-14(13)18/h4-5,9H,3,6-8,10H2,1-2H3,(H,19,20). The lowest BCUT2D eigenvalue weighted by atomic mass is 10.0. The van der Waals surface area contributed by atoms with Crippen molar-refractivity contribution >= 4 is 17.0 Å². The fourth-order valence-corrected chi connectivity index (χ4v) is 3.11. The minimum atomic E-state index is -0.899. The molecule has 0 saturated heterocycles. The van der Waals surface area contributed by atoms with Crippen molar-refractivity contribution in [2.75, 3.05) is 0 Å². The van der Waals surface area contributed by atoms with E-state index in [4.69, 9.17) is 5.11 Å². The van der Waals surface area contributed by atoms with Gasteiger partial charge in [0.05, 0.1) is 16.6 Å². The molecule has 1 aliphatic rings. The number of carboxylic acids is 1. The highest BCUT2D eigenvalue weighted by molar-refractivity contribution is 5.92. The number of carbonyl (C=O) groups is 1. The Morgan fingerprint density at radius 2 is 2.20 bits per heavy atom. The quantitative estimate of drug-likeness (QED) is 0.904. The first-order chi connectivity index (χ1) is 9.54. The molecule has 0 amide bonds. The van der Waals surface area contributed by atoms with Gasteiger partial charge in [-0.2, -0.15) is 0 Å². The Kier molecular flexibility index (Phi) is 3.04. The van der Waals surface area contributed by atoms with Crippen LogP contribution in [0, 0.1) is 12.3 Å². The molecule has 20 heavy (non-hydrogen) atoms. The largest absolute Gasteiger partial charge is 0.478 e. The first-order valence-electron chi connectivity index (χ1n) is 7.25. The van der Waals surface area contributed by atoms with E-state index in [2.05, 4.69) is 16.5 Å². The molecule has 106 valence electrons. The van der Waals surface area contributed by atoms with Gasteiger partial charge in [-0.1, -0.05) is 13.3 Å². The second kappa shape index (κ2) is 4.62. The Bertz CT molecular complexity index is 668. The van der Waals surface area contributed by atoms with Crippen LogP contribution in [0.2, 0.25) is 0 Å². The lowest BCUT2D eigenvalue weighted by molar-refractivity contribution is 0.0697. The zero-order valence-electron chi connectivity index (χ0n) is 12.0. The molecule has 1 aromatic heterocycles. The van der Waals surface area contributed by atoms with Crippen molar-refractivity contribution in [3.8, 4) is 0 Å². The molecule has 1 N–H and O–H groups in total.